The molecule has 4 rings (SSSR count). The number of nitrogens with zero attached hydrogens (tertiary/aromatic N) is 1. The molecule has 0 spiro atoms. The van der Waals surface area contributed by atoms with E-state index >= 15 is 0 Å². The molecule has 3 aromatic rings. The molecule has 6 heteroatoms. The SMILES string of the molecule is CC(C)(O)c1cccc2c1CC(N)C2NC(=O)c1ccc(-n2ccccc2=O)cc1. The van der Waals surface area contributed by atoms with Gasteiger partial charge < -0.3 is 16.2 Å². The Hall–Kier alpha value is -3.22. The number of aromatic nitrogens is 1. The highest BCUT2D eigenvalue weighted by Gasteiger charge is 2.35. The molecule has 1 aromatic heterocycles. The van der Waals surface area contributed by atoms with Crippen molar-refractivity contribution in [3.05, 3.63) is 99.5 Å². The average Bonchev–Trinajstić information content (AvgIpc) is 3.03. The Morgan fingerprint density at radius 1 is 1.10 bits per heavy atom. The summed E-state index contributed by atoms with van der Waals surface area (Å²) in [5.41, 5.74) is 9.20. The molecule has 1 amide bonds. The van der Waals surface area contributed by atoms with Crippen LogP contribution in [-0.4, -0.2) is 21.6 Å². The number of nitrogens with one attached hydrogen (secondary N) is 1. The van der Waals surface area contributed by atoms with Gasteiger partial charge in [0, 0.05) is 29.6 Å². The molecule has 6 nitrogen and oxygen atoms in total. The number of nitrogens with two attached hydrogens (primary N) is 1. The monoisotopic (exact) mass is 403 g/mol. The summed E-state index contributed by atoms with van der Waals surface area (Å²) in [7, 11) is 0. The van der Waals surface area contributed by atoms with E-state index in [1.807, 2.05) is 18.2 Å². The maximum atomic E-state index is 12.9. The van der Waals surface area contributed by atoms with Crippen molar-refractivity contribution in [3.63, 3.8) is 0 Å². The molecule has 1 aliphatic carbocycles. The second kappa shape index (κ2) is 7.55. The summed E-state index contributed by atoms with van der Waals surface area (Å²) >= 11 is 0. The van der Waals surface area contributed by atoms with Gasteiger partial charge in [0.05, 0.1) is 11.6 Å². The highest BCUT2D eigenvalue weighted by Crippen LogP contribution is 2.37. The van der Waals surface area contributed by atoms with Crippen LogP contribution in [0.4, 0.5) is 0 Å². The molecule has 4 N–H and O–H groups in total. The predicted octanol–water partition coefficient (Wildman–Crippen LogP) is 2.42. The first-order valence-corrected chi connectivity index (χ1v) is 9.95. The molecule has 0 bridgehead atoms. The lowest BCUT2D eigenvalue weighted by Crippen LogP contribution is -2.38. The summed E-state index contributed by atoms with van der Waals surface area (Å²) in [6.07, 6.45) is 2.28. The van der Waals surface area contributed by atoms with Crippen LogP contribution in [0.1, 0.15) is 46.9 Å². The number of hydrogen-bond acceptors (Lipinski definition) is 4. The Labute approximate surface area is 175 Å². The Balaban J connectivity index is 1.57. The quantitative estimate of drug-likeness (QED) is 0.623. The third kappa shape index (κ3) is 3.67. The second-order valence-electron chi connectivity index (χ2n) is 8.21. The zero-order valence-electron chi connectivity index (χ0n) is 17.0. The van der Waals surface area contributed by atoms with Crippen LogP contribution in [0.5, 0.6) is 0 Å². The van der Waals surface area contributed by atoms with Gasteiger partial charge in [0.2, 0.25) is 0 Å². The van der Waals surface area contributed by atoms with Crippen molar-refractivity contribution < 1.29 is 9.90 Å². The minimum absolute atomic E-state index is 0.133. The largest absolute Gasteiger partial charge is 0.386 e. The smallest absolute Gasteiger partial charge is 0.255 e. The maximum absolute atomic E-state index is 12.9. The summed E-state index contributed by atoms with van der Waals surface area (Å²) < 4.78 is 1.52. The number of aliphatic hydroxyl groups is 1. The van der Waals surface area contributed by atoms with Gasteiger partial charge in [-0.2, -0.15) is 0 Å². The van der Waals surface area contributed by atoms with Crippen LogP contribution in [-0.2, 0) is 12.0 Å². The van der Waals surface area contributed by atoms with Crippen LogP contribution in [0, 0.1) is 0 Å². The third-order valence-corrected chi connectivity index (χ3v) is 5.59. The molecule has 0 saturated heterocycles. The van der Waals surface area contributed by atoms with Gasteiger partial charge in [-0.15, -0.1) is 0 Å². The van der Waals surface area contributed by atoms with Gasteiger partial charge in [-0.1, -0.05) is 24.3 Å². The summed E-state index contributed by atoms with van der Waals surface area (Å²) in [5, 5.41) is 13.5. The summed E-state index contributed by atoms with van der Waals surface area (Å²) in [6.45, 7) is 3.50. The lowest BCUT2D eigenvalue weighted by Gasteiger charge is -2.22. The van der Waals surface area contributed by atoms with E-state index < -0.39 is 5.60 Å². The lowest BCUT2D eigenvalue weighted by molar-refractivity contribution is 0.0776. The van der Waals surface area contributed by atoms with Crippen molar-refractivity contribution in [2.75, 3.05) is 0 Å². The molecule has 0 fully saturated rings. The maximum Gasteiger partial charge on any atom is 0.255 e. The van der Waals surface area contributed by atoms with Crippen molar-refractivity contribution in [2.45, 2.75) is 38.0 Å². The highest BCUT2D eigenvalue weighted by molar-refractivity contribution is 5.94. The van der Waals surface area contributed by atoms with Crippen LogP contribution in [0.2, 0.25) is 0 Å². The molecule has 154 valence electrons. The summed E-state index contributed by atoms with van der Waals surface area (Å²) in [5.74, 6) is -0.232. The van der Waals surface area contributed by atoms with Gasteiger partial charge in [0.1, 0.15) is 0 Å². The van der Waals surface area contributed by atoms with E-state index in [0.717, 1.165) is 16.7 Å². The number of benzene rings is 2. The molecule has 0 saturated carbocycles. The standard InChI is InChI=1S/C24H25N3O3/c1-24(2,30)19-7-5-6-17-18(19)14-20(25)22(17)26-23(29)15-9-11-16(12-10-15)27-13-4-3-8-21(27)28/h3-13,20,22,30H,14,25H2,1-2H3,(H,26,29). The van der Waals surface area contributed by atoms with Crippen molar-refractivity contribution in [1.82, 2.24) is 9.88 Å². The number of carbonyl (C=O) groups is 1. The molecule has 0 radical (unpaired) electrons. The molecule has 1 heterocycles. The van der Waals surface area contributed by atoms with Crippen LogP contribution in [0.25, 0.3) is 5.69 Å². The van der Waals surface area contributed by atoms with E-state index in [2.05, 4.69) is 5.32 Å². The Morgan fingerprint density at radius 3 is 2.50 bits per heavy atom. The minimum Gasteiger partial charge on any atom is -0.386 e. The number of pyridine rings is 1. The third-order valence-electron chi connectivity index (χ3n) is 5.59. The fourth-order valence-corrected chi connectivity index (χ4v) is 4.10. The van der Waals surface area contributed by atoms with Gasteiger partial charge in [-0.3, -0.25) is 14.2 Å². The zero-order valence-corrected chi connectivity index (χ0v) is 17.0. The van der Waals surface area contributed by atoms with Gasteiger partial charge in [0.15, 0.2) is 0 Å². The molecule has 1 aliphatic rings. The fraction of sp³-hybridized carbons (Fsp3) is 0.250. The molecule has 0 aliphatic heterocycles. The molecular formula is C24H25N3O3. The van der Waals surface area contributed by atoms with Gasteiger partial charge in [-0.05, 0) is 67.3 Å². The van der Waals surface area contributed by atoms with E-state index in [-0.39, 0.29) is 23.6 Å². The van der Waals surface area contributed by atoms with Crippen LogP contribution in [0.15, 0.2) is 71.7 Å². The van der Waals surface area contributed by atoms with E-state index in [1.165, 1.54) is 10.6 Å². The normalized spacial score (nSPS) is 18.1. The fourth-order valence-electron chi connectivity index (χ4n) is 4.10. The Kier molecular flexibility index (Phi) is 5.05. The molecule has 30 heavy (non-hydrogen) atoms. The number of fused-ring (bicyclic) bond motifs is 1. The number of hydrogen-bond donors (Lipinski definition) is 3. The Bertz CT molecular complexity index is 1140. The van der Waals surface area contributed by atoms with Crippen LogP contribution < -0.4 is 16.6 Å². The van der Waals surface area contributed by atoms with E-state index in [4.69, 9.17) is 5.73 Å². The highest BCUT2D eigenvalue weighted by atomic mass is 16.3. The molecule has 2 aromatic carbocycles. The first kappa shape index (κ1) is 20.1. The Morgan fingerprint density at radius 2 is 1.83 bits per heavy atom. The topological polar surface area (TPSA) is 97.3 Å². The summed E-state index contributed by atoms with van der Waals surface area (Å²) in [4.78, 5) is 24.8. The van der Waals surface area contributed by atoms with Crippen molar-refractivity contribution >= 4 is 5.91 Å². The summed E-state index contributed by atoms with van der Waals surface area (Å²) in [6, 6.07) is 17.0. The second-order valence-corrected chi connectivity index (χ2v) is 8.21. The molecule has 2 unspecified atom stereocenters. The van der Waals surface area contributed by atoms with Crippen LogP contribution in [0.3, 0.4) is 0 Å². The van der Waals surface area contributed by atoms with E-state index in [1.54, 1.807) is 56.4 Å². The number of rotatable bonds is 4. The zero-order chi connectivity index (χ0) is 21.5. The molecule has 2 atom stereocenters. The minimum atomic E-state index is -0.977. The van der Waals surface area contributed by atoms with Gasteiger partial charge >= 0.3 is 0 Å². The van der Waals surface area contributed by atoms with Gasteiger partial charge in [-0.25, -0.2) is 0 Å². The van der Waals surface area contributed by atoms with Crippen LogP contribution >= 0.6 is 0 Å². The average molecular weight is 403 g/mol. The number of carbonyl (C=O) groups excluding carboxylic acids is 1. The first-order chi connectivity index (χ1) is 14.3. The molecular weight excluding hydrogens is 378 g/mol. The lowest BCUT2D eigenvalue weighted by atomic mass is 9.91. The van der Waals surface area contributed by atoms with E-state index in [0.29, 0.717) is 17.7 Å². The predicted molar refractivity (Wildman–Crippen MR) is 116 cm³/mol. The van der Waals surface area contributed by atoms with Crippen molar-refractivity contribution in [2.24, 2.45) is 5.73 Å². The van der Waals surface area contributed by atoms with E-state index in [9.17, 15) is 14.7 Å². The number of amides is 1. The van der Waals surface area contributed by atoms with Crippen molar-refractivity contribution in [1.29, 1.82) is 0 Å². The van der Waals surface area contributed by atoms with Gasteiger partial charge in [0.25, 0.3) is 11.5 Å². The first-order valence-electron chi connectivity index (χ1n) is 9.95. The van der Waals surface area contributed by atoms with Crippen molar-refractivity contribution in [3.8, 4) is 5.69 Å².